The van der Waals surface area contributed by atoms with Crippen LogP contribution in [0.4, 0.5) is 5.69 Å². The first-order valence-electron chi connectivity index (χ1n) is 9.34. The molecule has 1 aromatic rings. The molecule has 1 atom stereocenters. The van der Waals surface area contributed by atoms with Crippen molar-refractivity contribution in [2.75, 3.05) is 25.0 Å². The summed E-state index contributed by atoms with van der Waals surface area (Å²) < 4.78 is 5.71. The van der Waals surface area contributed by atoms with Gasteiger partial charge in [0, 0.05) is 12.1 Å². The third-order valence-corrected chi connectivity index (χ3v) is 4.93. The molecule has 1 saturated heterocycles. The van der Waals surface area contributed by atoms with E-state index in [2.05, 4.69) is 24.5 Å². The fourth-order valence-corrected chi connectivity index (χ4v) is 3.27. The molecule has 24 heavy (non-hydrogen) atoms. The number of aryl methyl sites for hydroxylation is 1. The molecule has 134 valence electrons. The predicted octanol–water partition coefficient (Wildman–Crippen LogP) is 4.14. The summed E-state index contributed by atoms with van der Waals surface area (Å²) in [7, 11) is 0. The average molecular weight is 332 g/mol. The minimum atomic E-state index is 0.115. The minimum absolute atomic E-state index is 0.115. The minimum Gasteiger partial charge on any atom is -0.494 e. The highest BCUT2D eigenvalue weighted by atomic mass is 16.5. The van der Waals surface area contributed by atoms with Gasteiger partial charge >= 0.3 is 0 Å². The molecule has 0 aromatic heterocycles. The van der Waals surface area contributed by atoms with Gasteiger partial charge in [-0.3, -0.25) is 4.79 Å². The van der Waals surface area contributed by atoms with E-state index in [9.17, 15) is 4.79 Å². The lowest BCUT2D eigenvalue weighted by molar-refractivity contribution is -0.117. The van der Waals surface area contributed by atoms with E-state index in [4.69, 9.17) is 4.74 Å². The highest BCUT2D eigenvalue weighted by Gasteiger charge is 2.22. The van der Waals surface area contributed by atoms with Gasteiger partial charge in [-0.1, -0.05) is 20.3 Å². The Kier molecular flexibility index (Phi) is 7.57. The Morgan fingerprint density at radius 3 is 2.79 bits per heavy atom. The normalized spacial score (nSPS) is 16.6. The number of amides is 1. The molecule has 1 aliphatic rings. The molecule has 2 rings (SSSR count). The fraction of sp³-hybridized carbons (Fsp3) is 0.650. The van der Waals surface area contributed by atoms with Gasteiger partial charge in [0.15, 0.2) is 0 Å². The molecule has 4 heteroatoms. The third-order valence-electron chi connectivity index (χ3n) is 4.93. The van der Waals surface area contributed by atoms with Gasteiger partial charge in [0.2, 0.25) is 5.91 Å². The molecule has 0 bridgehead atoms. The van der Waals surface area contributed by atoms with Gasteiger partial charge in [0.05, 0.1) is 6.61 Å². The number of hydrogen-bond acceptors (Lipinski definition) is 3. The van der Waals surface area contributed by atoms with E-state index < -0.39 is 0 Å². The number of anilines is 1. The number of ether oxygens (including phenoxy) is 1. The molecule has 2 N–H and O–H groups in total. The largest absolute Gasteiger partial charge is 0.494 e. The van der Waals surface area contributed by atoms with E-state index in [1.165, 1.54) is 12.8 Å². The fourth-order valence-electron chi connectivity index (χ4n) is 3.27. The molecular formula is C20H32N2O2. The summed E-state index contributed by atoms with van der Waals surface area (Å²) in [6.07, 6.45) is 5.14. The van der Waals surface area contributed by atoms with Crippen molar-refractivity contribution in [1.82, 2.24) is 5.32 Å². The molecule has 1 aliphatic heterocycles. The second-order valence-electron chi connectivity index (χ2n) is 7.00. The first-order valence-corrected chi connectivity index (χ1v) is 9.34. The SMILES string of the molecule is CCCCOc1ccc(NC(=O)CC(C)C2CCNCC2)c(C)c1. The smallest absolute Gasteiger partial charge is 0.224 e. The van der Waals surface area contributed by atoms with Crippen molar-refractivity contribution >= 4 is 11.6 Å². The summed E-state index contributed by atoms with van der Waals surface area (Å²) in [5.74, 6) is 2.09. The summed E-state index contributed by atoms with van der Waals surface area (Å²) in [6.45, 7) is 9.27. The Balaban J connectivity index is 1.84. The number of benzene rings is 1. The van der Waals surface area contributed by atoms with E-state index in [0.717, 1.165) is 49.5 Å². The lowest BCUT2D eigenvalue weighted by atomic mass is 9.84. The summed E-state index contributed by atoms with van der Waals surface area (Å²) in [5, 5.41) is 6.45. The zero-order valence-electron chi connectivity index (χ0n) is 15.4. The summed E-state index contributed by atoms with van der Waals surface area (Å²) >= 11 is 0. The molecule has 0 saturated carbocycles. The van der Waals surface area contributed by atoms with Gasteiger partial charge < -0.3 is 15.4 Å². The van der Waals surface area contributed by atoms with Crippen LogP contribution in [0, 0.1) is 18.8 Å². The van der Waals surface area contributed by atoms with E-state index in [-0.39, 0.29) is 5.91 Å². The van der Waals surface area contributed by atoms with Gasteiger partial charge in [0.1, 0.15) is 5.75 Å². The zero-order valence-corrected chi connectivity index (χ0v) is 15.4. The maximum atomic E-state index is 12.4. The second-order valence-corrected chi connectivity index (χ2v) is 7.00. The lowest BCUT2D eigenvalue weighted by Gasteiger charge is -2.28. The predicted molar refractivity (Wildman–Crippen MR) is 99.6 cm³/mol. The second kappa shape index (κ2) is 9.67. The van der Waals surface area contributed by atoms with Crippen molar-refractivity contribution < 1.29 is 9.53 Å². The number of carbonyl (C=O) groups is 1. The van der Waals surface area contributed by atoms with Gasteiger partial charge in [-0.2, -0.15) is 0 Å². The number of carbonyl (C=O) groups excluding carboxylic acids is 1. The Bertz CT molecular complexity index is 524. The first kappa shape index (κ1) is 18.8. The lowest BCUT2D eigenvalue weighted by Crippen LogP contribution is -2.32. The highest BCUT2D eigenvalue weighted by molar-refractivity contribution is 5.91. The number of unbranched alkanes of at least 4 members (excludes halogenated alkanes) is 1. The maximum Gasteiger partial charge on any atom is 0.224 e. The Morgan fingerprint density at radius 2 is 2.12 bits per heavy atom. The number of nitrogens with one attached hydrogen (secondary N) is 2. The molecule has 4 nitrogen and oxygen atoms in total. The van der Waals surface area contributed by atoms with Crippen LogP contribution in [0.2, 0.25) is 0 Å². The highest BCUT2D eigenvalue weighted by Crippen LogP contribution is 2.26. The molecule has 0 spiro atoms. The maximum absolute atomic E-state index is 12.4. The van der Waals surface area contributed by atoms with Crippen molar-refractivity contribution in [3.8, 4) is 5.75 Å². The summed E-state index contributed by atoms with van der Waals surface area (Å²) in [4.78, 5) is 12.4. The number of rotatable bonds is 8. The number of hydrogen-bond donors (Lipinski definition) is 2. The van der Waals surface area contributed by atoms with Gasteiger partial charge in [-0.05, 0) is 74.9 Å². The average Bonchev–Trinajstić information content (AvgIpc) is 2.58. The molecule has 0 aliphatic carbocycles. The van der Waals surface area contributed by atoms with Crippen molar-refractivity contribution in [3.63, 3.8) is 0 Å². The van der Waals surface area contributed by atoms with Gasteiger partial charge in [-0.25, -0.2) is 0 Å². The van der Waals surface area contributed by atoms with Crippen molar-refractivity contribution in [3.05, 3.63) is 23.8 Å². The van der Waals surface area contributed by atoms with Crippen molar-refractivity contribution in [2.45, 2.75) is 52.9 Å². The summed E-state index contributed by atoms with van der Waals surface area (Å²) in [5.41, 5.74) is 1.94. The van der Waals surface area contributed by atoms with Crippen LogP contribution < -0.4 is 15.4 Å². The van der Waals surface area contributed by atoms with Crippen LogP contribution in [-0.2, 0) is 4.79 Å². The molecule has 1 heterocycles. The van der Waals surface area contributed by atoms with E-state index in [0.29, 0.717) is 18.3 Å². The zero-order chi connectivity index (χ0) is 17.4. The van der Waals surface area contributed by atoms with Gasteiger partial charge in [-0.15, -0.1) is 0 Å². The van der Waals surface area contributed by atoms with E-state index >= 15 is 0 Å². The topological polar surface area (TPSA) is 50.4 Å². The molecular weight excluding hydrogens is 300 g/mol. The monoisotopic (exact) mass is 332 g/mol. The standard InChI is InChI=1S/C20H32N2O2/c1-4-5-12-24-18-6-7-19(16(3)13-18)22-20(23)14-15(2)17-8-10-21-11-9-17/h6-7,13,15,17,21H,4-5,8-12,14H2,1-3H3,(H,22,23). The van der Waals surface area contributed by atoms with Crippen LogP contribution in [0.5, 0.6) is 5.75 Å². The molecule has 1 amide bonds. The third kappa shape index (κ3) is 5.82. The van der Waals surface area contributed by atoms with Crippen LogP contribution in [0.25, 0.3) is 0 Å². The number of piperidine rings is 1. The molecule has 1 aromatic carbocycles. The van der Waals surface area contributed by atoms with Crippen LogP contribution in [0.1, 0.15) is 51.5 Å². The van der Waals surface area contributed by atoms with Crippen LogP contribution >= 0.6 is 0 Å². The Morgan fingerprint density at radius 1 is 1.38 bits per heavy atom. The van der Waals surface area contributed by atoms with Gasteiger partial charge in [0.25, 0.3) is 0 Å². The molecule has 1 unspecified atom stereocenters. The Labute approximate surface area is 146 Å². The van der Waals surface area contributed by atoms with Crippen LogP contribution in [-0.4, -0.2) is 25.6 Å². The quantitative estimate of drug-likeness (QED) is 0.704. The van der Waals surface area contributed by atoms with Crippen molar-refractivity contribution in [2.24, 2.45) is 11.8 Å². The summed E-state index contributed by atoms with van der Waals surface area (Å²) in [6, 6.07) is 5.89. The molecule has 0 radical (unpaired) electrons. The first-order chi connectivity index (χ1) is 11.6. The van der Waals surface area contributed by atoms with E-state index in [1.54, 1.807) is 0 Å². The van der Waals surface area contributed by atoms with Crippen molar-refractivity contribution in [1.29, 1.82) is 0 Å². The van der Waals surface area contributed by atoms with E-state index in [1.807, 2.05) is 25.1 Å². The van der Waals surface area contributed by atoms with Crippen LogP contribution in [0.3, 0.4) is 0 Å². The Hall–Kier alpha value is -1.55. The van der Waals surface area contributed by atoms with Crippen LogP contribution in [0.15, 0.2) is 18.2 Å². The molecule has 1 fully saturated rings.